The van der Waals surface area contributed by atoms with E-state index < -0.39 is 10.0 Å². The van der Waals surface area contributed by atoms with Crippen LogP contribution in [0.1, 0.15) is 19.3 Å². The maximum Gasteiger partial charge on any atom is 0.244 e. The molecule has 2 aliphatic heterocycles. The maximum absolute atomic E-state index is 12.9. The van der Waals surface area contributed by atoms with Gasteiger partial charge in [0.1, 0.15) is 0 Å². The molecule has 1 aromatic rings. The first-order chi connectivity index (χ1) is 9.98. The number of fused-ring (bicyclic) bond motifs is 1. The van der Waals surface area contributed by atoms with Gasteiger partial charge in [-0.2, -0.15) is 4.31 Å². The maximum atomic E-state index is 12.9. The summed E-state index contributed by atoms with van der Waals surface area (Å²) in [6, 6.07) is 5.60. The third kappa shape index (κ3) is 3.22. The molecule has 2 fully saturated rings. The molecule has 2 heterocycles. The normalized spacial score (nSPS) is 24.8. The van der Waals surface area contributed by atoms with E-state index in [2.05, 4.69) is 36.8 Å². The van der Waals surface area contributed by atoms with E-state index in [1.807, 2.05) is 0 Å². The first kappa shape index (κ1) is 15.9. The zero-order valence-electron chi connectivity index (χ0n) is 11.6. The van der Waals surface area contributed by atoms with Gasteiger partial charge in [0.15, 0.2) is 0 Å². The average Bonchev–Trinajstić information content (AvgIpc) is 2.46. The Kier molecular flexibility index (Phi) is 4.76. The van der Waals surface area contributed by atoms with Crippen molar-refractivity contribution in [1.29, 1.82) is 0 Å². The molecule has 21 heavy (non-hydrogen) atoms. The minimum absolute atomic E-state index is 0.356. The van der Waals surface area contributed by atoms with Crippen LogP contribution in [0, 0.1) is 0 Å². The molecule has 2 saturated heterocycles. The Morgan fingerprint density at radius 3 is 2.67 bits per heavy atom. The Hall–Kier alpha value is 0.0500. The summed E-state index contributed by atoms with van der Waals surface area (Å²) < 4.78 is 28.8. The predicted octanol–water partition coefficient (Wildman–Crippen LogP) is 3.07. The molecule has 7 heteroatoms. The number of rotatable bonds is 2. The number of benzene rings is 1. The number of piperazine rings is 1. The summed E-state index contributed by atoms with van der Waals surface area (Å²) >= 11 is 6.73. The summed E-state index contributed by atoms with van der Waals surface area (Å²) in [4.78, 5) is 2.79. The molecule has 1 aromatic carbocycles. The third-order valence-electron chi connectivity index (χ3n) is 4.31. The molecule has 116 valence electrons. The Morgan fingerprint density at radius 2 is 1.90 bits per heavy atom. The molecular formula is C14H18Br2N2O2S. The van der Waals surface area contributed by atoms with Crippen molar-refractivity contribution in [2.75, 3.05) is 26.2 Å². The molecule has 1 atom stereocenters. The van der Waals surface area contributed by atoms with Gasteiger partial charge >= 0.3 is 0 Å². The molecule has 0 aromatic heterocycles. The van der Waals surface area contributed by atoms with Crippen LogP contribution in [0.2, 0.25) is 0 Å². The smallest absolute Gasteiger partial charge is 0.244 e. The first-order valence-electron chi connectivity index (χ1n) is 7.18. The standard InChI is InChI=1S/C14H18Br2N2O2S/c15-11-4-5-14(13(16)9-11)21(19,20)18-8-7-17-6-2-1-3-12(17)10-18/h4-5,9,12H,1-3,6-8,10H2. The van der Waals surface area contributed by atoms with Crippen molar-refractivity contribution in [3.8, 4) is 0 Å². The van der Waals surface area contributed by atoms with Crippen LogP contribution in [0.15, 0.2) is 32.0 Å². The van der Waals surface area contributed by atoms with Gasteiger partial charge in [-0.25, -0.2) is 8.42 Å². The number of nitrogens with zero attached hydrogens (tertiary/aromatic N) is 2. The Balaban J connectivity index is 1.85. The van der Waals surface area contributed by atoms with Gasteiger partial charge in [-0.15, -0.1) is 0 Å². The fourth-order valence-electron chi connectivity index (χ4n) is 3.17. The molecule has 0 bridgehead atoms. The summed E-state index contributed by atoms with van der Waals surface area (Å²) in [7, 11) is -3.42. The van der Waals surface area contributed by atoms with Crippen LogP contribution in [0.25, 0.3) is 0 Å². The van der Waals surface area contributed by atoms with Gasteiger partial charge in [-0.3, -0.25) is 4.90 Å². The summed E-state index contributed by atoms with van der Waals surface area (Å²) in [5.41, 5.74) is 0. The molecule has 0 saturated carbocycles. The van der Waals surface area contributed by atoms with E-state index >= 15 is 0 Å². The predicted molar refractivity (Wildman–Crippen MR) is 89.8 cm³/mol. The summed E-state index contributed by atoms with van der Waals surface area (Å²) in [6.07, 6.45) is 3.55. The van der Waals surface area contributed by atoms with Crippen molar-refractivity contribution >= 4 is 41.9 Å². The van der Waals surface area contributed by atoms with Gasteiger partial charge < -0.3 is 0 Å². The molecule has 4 nitrogen and oxygen atoms in total. The van der Waals surface area contributed by atoms with Crippen molar-refractivity contribution in [2.24, 2.45) is 0 Å². The highest BCUT2D eigenvalue weighted by Gasteiger charge is 2.35. The van der Waals surface area contributed by atoms with Crippen molar-refractivity contribution in [2.45, 2.75) is 30.2 Å². The number of sulfonamides is 1. The quantitative estimate of drug-likeness (QED) is 0.713. The van der Waals surface area contributed by atoms with Crippen LogP contribution in [0.5, 0.6) is 0 Å². The SMILES string of the molecule is O=S(=O)(c1ccc(Br)cc1Br)N1CCN2CCCCC2C1. The lowest BCUT2D eigenvalue weighted by molar-refractivity contribution is 0.0851. The highest BCUT2D eigenvalue weighted by atomic mass is 79.9. The number of hydrogen-bond donors (Lipinski definition) is 0. The van der Waals surface area contributed by atoms with E-state index in [0.29, 0.717) is 28.5 Å². The third-order valence-corrected chi connectivity index (χ3v) is 7.65. The summed E-state index contributed by atoms with van der Waals surface area (Å²) in [6.45, 7) is 3.16. The van der Waals surface area contributed by atoms with Crippen LogP contribution >= 0.6 is 31.9 Å². The van der Waals surface area contributed by atoms with Gasteiger partial charge in [0.05, 0.1) is 4.90 Å². The van der Waals surface area contributed by atoms with E-state index in [9.17, 15) is 8.42 Å². The second-order valence-corrected chi connectivity index (χ2v) is 9.30. The van der Waals surface area contributed by atoms with Crippen molar-refractivity contribution in [1.82, 2.24) is 9.21 Å². The highest BCUT2D eigenvalue weighted by Crippen LogP contribution is 2.30. The molecule has 0 N–H and O–H groups in total. The zero-order valence-corrected chi connectivity index (χ0v) is 15.6. The number of hydrogen-bond acceptors (Lipinski definition) is 3. The molecule has 0 radical (unpaired) electrons. The van der Waals surface area contributed by atoms with E-state index in [1.165, 1.54) is 12.8 Å². The summed E-state index contributed by atoms with van der Waals surface area (Å²) in [5, 5.41) is 0. The van der Waals surface area contributed by atoms with Crippen molar-refractivity contribution in [3.63, 3.8) is 0 Å². The first-order valence-corrected chi connectivity index (χ1v) is 10.2. The molecule has 1 unspecified atom stereocenters. The summed E-state index contributed by atoms with van der Waals surface area (Å²) in [5.74, 6) is 0. The van der Waals surface area contributed by atoms with E-state index in [0.717, 1.165) is 24.0 Å². The van der Waals surface area contributed by atoms with E-state index in [4.69, 9.17) is 0 Å². The molecule has 3 rings (SSSR count). The van der Waals surface area contributed by atoms with Gasteiger partial charge in [0.2, 0.25) is 10.0 Å². The lowest BCUT2D eigenvalue weighted by atomic mass is 10.0. The molecular weight excluding hydrogens is 420 g/mol. The molecule has 0 spiro atoms. The van der Waals surface area contributed by atoms with E-state index in [-0.39, 0.29) is 0 Å². The number of piperidine rings is 1. The van der Waals surface area contributed by atoms with Crippen LogP contribution in [0.4, 0.5) is 0 Å². The minimum Gasteiger partial charge on any atom is -0.298 e. The van der Waals surface area contributed by atoms with Gasteiger partial charge in [-0.05, 0) is 53.5 Å². The van der Waals surface area contributed by atoms with Crippen LogP contribution in [-0.4, -0.2) is 49.8 Å². The lowest BCUT2D eigenvalue weighted by Gasteiger charge is -2.43. The fourth-order valence-corrected chi connectivity index (χ4v) is 6.34. The van der Waals surface area contributed by atoms with Crippen molar-refractivity contribution < 1.29 is 8.42 Å². The lowest BCUT2D eigenvalue weighted by Crippen LogP contribution is -2.56. The van der Waals surface area contributed by atoms with Crippen molar-refractivity contribution in [3.05, 3.63) is 27.1 Å². The Labute approximate surface area is 142 Å². The van der Waals surface area contributed by atoms with Gasteiger partial charge in [-0.1, -0.05) is 22.4 Å². The molecule has 0 aliphatic carbocycles. The highest BCUT2D eigenvalue weighted by molar-refractivity contribution is 9.11. The number of halogens is 2. The van der Waals surface area contributed by atoms with Crippen LogP contribution < -0.4 is 0 Å². The van der Waals surface area contributed by atoms with Gasteiger partial charge in [0.25, 0.3) is 0 Å². The van der Waals surface area contributed by atoms with Crippen LogP contribution in [-0.2, 0) is 10.0 Å². The van der Waals surface area contributed by atoms with Crippen LogP contribution in [0.3, 0.4) is 0 Å². The van der Waals surface area contributed by atoms with E-state index in [1.54, 1.807) is 22.5 Å². The topological polar surface area (TPSA) is 40.6 Å². The average molecular weight is 438 g/mol. The monoisotopic (exact) mass is 436 g/mol. The second-order valence-electron chi connectivity index (χ2n) is 5.62. The largest absolute Gasteiger partial charge is 0.298 e. The Morgan fingerprint density at radius 1 is 1.10 bits per heavy atom. The Bertz CT molecular complexity index is 636. The van der Waals surface area contributed by atoms with Gasteiger partial charge in [0, 0.05) is 34.6 Å². The fraction of sp³-hybridized carbons (Fsp3) is 0.571. The second kappa shape index (κ2) is 6.28. The zero-order chi connectivity index (χ0) is 15.0. The molecule has 0 amide bonds. The molecule has 2 aliphatic rings. The minimum atomic E-state index is -3.42.